The molecule has 0 fully saturated rings. The summed E-state index contributed by atoms with van der Waals surface area (Å²) in [5.74, 6) is -3.51. The lowest BCUT2D eigenvalue weighted by molar-refractivity contribution is 0.0693. The van der Waals surface area contributed by atoms with Crippen LogP contribution in [0.3, 0.4) is 0 Å². The Labute approximate surface area is 137 Å². The SMILES string of the molecule is O=C(NC(Cc1cccc(C(=O)O)c1O)B(O)O)c1cccnc1. The Kier molecular flexibility index (Phi) is 5.51. The smallest absolute Gasteiger partial charge is 0.475 e. The molecule has 24 heavy (non-hydrogen) atoms. The molecule has 1 amide bonds. The lowest BCUT2D eigenvalue weighted by Crippen LogP contribution is -2.47. The number of nitrogens with zero attached hydrogens (tertiary/aromatic N) is 1. The number of carbonyl (C=O) groups is 2. The third kappa shape index (κ3) is 4.09. The van der Waals surface area contributed by atoms with Crippen LogP contribution in [0.15, 0.2) is 42.7 Å². The van der Waals surface area contributed by atoms with E-state index in [-0.39, 0.29) is 23.1 Å². The number of amides is 1. The number of hydrogen-bond acceptors (Lipinski definition) is 6. The molecule has 124 valence electrons. The highest BCUT2D eigenvalue weighted by atomic mass is 16.4. The summed E-state index contributed by atoms with van der Waals surface area (Å²) in [5, 5.41) is 40.3. The second kappa shape index (κ2) is 7.58. The number of nitrogens with one attached hydrogen (secondary N) is 1. The van der Waals surface area contributed by atoms with Crippen molar-refractivity contribution in [1.82, 2.24) is 10.3 Å². The molecule has 8 nitrogen and oxygen atoms in total. The molecule has 0 radical (unpaired) electrons. The molecule has 1 unspecified atom stereocenters. The lowest BCUT2D eigenvalue weighted by atomic mass is 9.75. The molecule has 1 aromatic heterocycles. The molecule has 0 aliphatic rings. The van der Waals surface area contributed by atoms with Gasteiger partial charge >= 0.3 is 13.1 Å². The number of aromatic carboxylic acids is 1. The molecule has 0 bridgehead atoms. The van der Waals surface area contributed by atoms with Crippen molar-refractivity contribution in [3.63, 3.8) is 0 Å². The van der Waals surface area contributed by atoms with Crippen molar-refractivity contribution in [1.29, 1.82) is 0 Å². The van der Waals surface area contributed by atoms with Gasteiger partial charge in [0.1, 0.15) is 11.3 Å². The van der Waals surface area contributed by atoms with Crippen LogP contribution in [-0.4, -0.2) is 50.2 Å². The van der Waals surface area contributed by atoms with Crippen molar-refractivity contribution >= 4 is 19.0 Å². The van der Waals surface area contributed by atoms with Crippen LogP contribution >= 0.6 is 0 Å². The van der Waals surface area contributed by atoms with E-state index < -0.39 is 30.7 Å². The summed E-state index contributed by atoms with van der Waals surface area (Å²) in [6.07, 6.45) is 2.64. The first-order valence-corrected chi connectivity index (χ1v) is 7.01. The van der Waals surface area contributed by atoms with Crippen LogP contribution < -0.4 is 5.32 Å². The third-order valence-electron chi connectivity index (χ3n) is 3.39. The van der Waals surface area contributed by atoms with E-state index >= 15 is 0 Å². The fourth-order valence-electron chi connectivity index (χ4n) is 2.15. The molecule has 0 saturated carbocycles. The summed E-state index contributed by atoms with van der Waals surface area (Å²) >= 11 is 0. The van der Waals surface area contributed by atoms with Gasteiger partial charge < -0.3 is 25.6 Å². The topological polar surface area (TPSA) is 140 Å². The summed E-state index contributed by atoms with van der Waals surface area (Å²) in [5.41, 5.74) is 0.0865. The highest BCUT2D eigenvalue weighted by Gasteiger charge is 2.28. The van der Waals surface area contributed by atoms with E-state index in [4.69, 9.17) is 5.11 Å². The van der Waals surface area contributed by atoms with Crippen molar-refractivity contribution < 1.29 is 29.9 Å². The molecular weight excluding hydrogens is 315 g/mol. The zero-order valence-electron chi connectivity index (χ0n) is 12.5. The van der Waals surface area contributed by atoms with Crippen LogP contribution in [0.2, 0.25) is 0 Å². The van der Waals surface area contributed by atoms with Crippen molar-refractivity contribution in [3.8, 4) is 5.75 Å². The van der Waals surface area contributed by atoms with Crippen molar-refractivity contribution in [3.05, 3.63) is 59.4 Å². The Hall–Kier alpha value is -2.91. The predicted octanol–water partition coefficient (Wildman–Crippen LogP) is -0.162. The molecule has 1 atom stereocenters. The van der Waals surface area contributed by atoms with Gasteiger partial charge in [-0.3, -0.25) is 9.78 Å². The van der Waals surface area contributed by atoms with E-state index in [1.807, 2.05) is 0 Å². The molecule has 1 heterocycles. The van der Waals surface area contributed by atoms with Gasteiger partial charge in [0, 0.05) is 12.4 Å². The largest absolute Gasteiger partial charge is 0.507 e. The number of aromatic hydroxyl groups is 1. The zero-order chi connectivity index (χ0) is 17.7. The Morgan fingerprint density at radius 1 is 1.21 bits per heavy atom. The normalized spacial score (nSPS) is 11.6. The van der Waals surface area contributed by atoms with E-state index in [1.165, 1.54) is 36.7 Å². The maximum Gasteiger partial charge on any atom is 0.475 e. The molecule has 5 N–H and O–H groups in total. The van der Waals surface area contributed by atoms with Crippen molar-refractivity contribution in [2.75, 3.05) is 0 Å². The fraction of sp³-hybridized carbons (Fsp3) is 0.133. The van der Waals surface area contributed by atoms with Gasteiger partial charge in [-0.25, -0.2) is 4.79 Å². The van der Waals surface area contributed by atoms with Gasteiger partial charge in [0.2, 0.25) is 0 Å². The average molecular weight is 330 g/mol. The molecule has 1 aromatic carbocycles. The first kappa shape index (κ1) is 17.4. The van der Waals surface area contributed by atoms with E-state index in [0.29, 0.717) is 0 Å². The fourth-order valence-corrected chi connectivity index (χ4v) is 2.15. The van der Waals surface area contributed by atoms with Crippen LogP contribution in [0.1, 0.15) is 26.3 Å². The number of carbonyl (C=O) groups excluding carboxylic acids is 1. The van der Waals surface area contributed by atoms with Crippen LogP contribution in [-0.2, 0) is 6.42 Å². The Balaban J connectivity index is 2.19. The standard InChI is InChI=1S/C15H15BN2O6/c19-13-9(3-1-5-11(13)15(21)22)7-12(16(23)24)18-14(20)10-4-2-6-17-8-10/h1-6,8,12,19,23-24H,7H2,(H,18,20)(H,21,22). The summed E-state index contributed by atoms with van der Waals surface area (Å²) < 4.78 is 0. The number of hydrogen-bond donors (Lipinski definition) is 5. The lowest BCUT2D eigenvalue weighted by Gasteiger charge is -2.19. The van der Waals surface area contributed by atoms with E-state index in [1.54, 1.807) is 6.07 Å². The van der Waals surface area contributed by atoms with Gasteiger partial charge in [-0.05, 0) is 30.2 Å². The molecule has 0 aliphatic heterocycles. The Morgan fingerprint density at radius 3 is 2.54 bits per heavy atom. The van der Waals surface area contributed by atoms with Crippen LogP contribution in [0.5, 0.6) is 5.75 Å². The van der Waals surface area contributed by atoms with Crippen LogP contribution in [0.25, 0.3) is 0 Å². The molecule has 0 saturated heterocycles. The van der Waals surface area contributed by atoms with Gasteiger partial charge in [-0.15, -0.1) is 0 Å². The van der Waals surface area contributed by atoms with Gasteiger partial charge in [-0.1, -0.05) is 12.1 Å². The van der Waals surface area contributed by atoms with Gasteiger partial charge in [0.05, 0.1) is 11.5 Å². The third-order valence-corrected chi connectivity index (χ3v) is 3.39. The number of pyridine rings is 1. The first-order chi connectivity index (χ1) is 11.4. The second-order valence-electron chi connectivity index (χ2n) is 5.06. The van der Waals surface area contributed by atoms with E-state index in [9.17, 15) is 24.7 Å². The number of benzene rings is 1. The average Bonchev–Trinajstić information content (AvgIpc) is 2.56. The van der Waals surface area contributed by atoms with Gasteiger partial charge in [0.15, 0.2) is 0 Å². The molecule has 9 heteroatoms. The highest BCUT2D eigenvalue weighted by molar-refractivity contribution is 6.43. The molecular formula is C15H15BN2O6. The van der Waals surface area contributed by atoms with Crippen LogP contribution in [0, 0.1) is 0 Å². The monoisotopic (exact) mass is 330 g/mol. The minimum absolute atomic E-state index is 0.166. The maximum absolute atomic E-state index is 12.1. The van der Waals surface area contributed by atoms with Crippen molar-refractivity contribution in [2.45, 2.75) is 12.4 Å². The van der Waals surface area contributed by atoms with Gasteiger partial charge in [0.25, 0.3) is 5.91 Å². The highest BCUT2D eigenvalue weighted by Crippen LogP contribution is 2.24. The summed E-state index contributed by atoms with van der Waals surface area (Å²) in [6, 6.07) is 7.14. The summed E-state index contributed by atoms with van der Waals surface area (Å²) in [6.45, 7) is 0. The van der Waals surface area contributed by atoms with E-state index in [2.05, 4.69) is 10.3 Å². The van der Waals surface area contributed by atoms with Crippen LogP contribution in [0.4, 0.5) is 0 Å². The Bertz CT molecular complexity index is 738. The predicted molar refractivity (Wildman–Crippen MR) is 84.5 cm³/mol. The summed E-state index contributed by atoms with van der Waals surface area (Å²) in [7, 11) is -1.90. The van der Waals surface area contributed by atoms with Crippen molar-refractivity contribution in [2.24, 2.45) is 0 Å². The van der Waals surface area contributed by atoms with Gasteiger partial charge in [-0.2, -0.15) is 0 Å². The quantitative estimate of drug-likeness (QED) is 0.464. The van der Waals surface area contributed by atoms with E-state index in [0.717, 1.165) is 0 Å². The molecule has 2 aromatic rings. The zero-order valence-corrected chi connectivity index (χ0v) is 12.5. The maximum atomic E-state index is 12.1. The molecule has 0 aliphatic carbocycles. The summed E-state index contributed by atoms with van der Waals surface area (Å²) in [4.78, 5) is 26.9. The number of aromatic nitrogens is 1. The Morgan fingerprint density at radius 2 is 1.96 bits per heavy atom. The number of carboxylic acids is 1. The number of rotatable bonds is 6. The number of para-hydroxylation sites is 1. The molecule has 0 spiro atoms. The minimum atomic E-state index is -1.90. The number of carboxylic acid groups (broad SMARTS) is 1. The number of phenols is 1. The second-order valence-corrected chi connectivity index (χ2v) is 5.06. The first-order valence-electron chi connectivity index (χ1n) is 7.01. The molecule has 2 rings (SSSR count). The minimum Gasteiger partial charge on any atom is -0.507 e.